The number of hydrogen-bond donors (Lipinski definition) is 0. The van der Waals surface area contributed by atoms with Crippen LogP contribution < -0.4 is 0 Å². The van der Waals surface area contributed by atoms with Gasteiger partial charge in [0.1, 0.15) is 5.84 Å². The number of nitriles is 1. The van der Waals surface area contributed by atoms with Crippen molar-refractivity contribution >= 4 is 5.84 Å². The Hall–Kier alpha value is -1.30. The van der Waals surface area contributed by atoms with Gasteiger partial charge in [0, 0.05) is 18.7 Å². The lowest BCUT2D eigenvalue weighted by Crippen LogP contribution is -2.31. The van der Waals surface area contributed by atoms with Gasteiger partial charge in [-0.15, -0.1) is 0 Å². The second kappa shape index (κ2) is 3.13. The highest BCUT2D eigenvalue weighted by atomic mass is 15.2. The summed E-state index contributed by atoms with van der Waals surface area (Å²) >= 11 is 0. The fourth-order valence-electron chi connectivity index (χ4n) is 2.21. The maximum atomic E-state index is 8.91. The maximum Gasteiger partial charge on any atom is 0.101 e. The molecule has 0 aromatic heterocycles. The number of amidine groups is 1. The Morgan fingerprint density at radius 1 is 1.50 bits per heavy atom. The second-order valence-corrected chi connectivity index (χ2v) is 4.12. The van der Waals surface area contributed by atoms with E-state index in [1.54, 1.807) is 0 Å². The van der Waals surface area contributed by atoms with Gasteiger partial charge >= 0.3 is 0 Å². The smallest absolute Gasteiger partial charge is 0.101 e. The van der Waals surface area contributed by atoms with Crippen molar-refractivity contribution in [3.63, 3.8) is 0 Å². The van der Waals surface area contributed by atoms with Gasteiger partial charge in [-0.05, 0) is 26.3 Å². The third-order valence-corrected chi connectivity index (χ3v) is 3.20. The van der Waals surface area contributed by atoms with Gasteiger partial charge in [-0.3, -0.25) is 4.99 Å². The number of fused-ring (bicyclic) bond motifs is 1. The summed E-state index contributed by atoms with van der Waals surface area (Å²) in [5.41, 5.74) is 2.66. The van der Waals surface area contributed by atoms with Gasteiger partial charge in [0.15, 0.2) is 0 Å². The van der Waals surface area contributed by atoms with Crippen molar-refractivity contribution in [2.45, 2.75) is 33.2 Å². The van der Waals surface area contributed by atoms with Gasteiger partial charge in [0.25, 0.3) is 0 Å². The molecule has 2 unspecified atom stereocenters. The summed E-state index contributed by atoms with van der Waals surface area (Å²) in [5, 5.41) is 8.91. The third kappa shape index (κ3) is 1.22. The van der Waals surface area contributed by atoms with E-state index in [0.717, 1.165) is 18.8 Å². The quantitative estimate of drug-likeness (QED) is 0.584. The van der Waals surface area contributed by atoms with E-state index >= 15 is 0 Å². The standard InChI is InChI=1S/C11H15N3/c1-7-8(2)13-9(3)14-6-10(5-12)4-11(7)14/h8,10H,4,6H2,1-3H3. The van der Waals surface area contributed by atoms with Crippen LogP contribution in [0.2, 0.25) is 0 Å². The molecule has 1 fully saturated rings. The fraction of sp³-hybridized carbons (Fsp3) is 0.636. The van der Waals surface area contributed by atoms with E-state index in [2.05, 4.69) is 29.8 Å². The van der Waals surface area contributed by atoms with Crippen molar-refractivity contribution < 1.29 is 0 Å². The van der Waals surface area contributed by atoms with E-state index in [9.17, 15) is 0 Å². The molecule has 0 aromatic rings. The highest BCUT2D eigenvalue weighted by Gasteiger charge is 2.32. The predicted molar refractivity (Wildman–Crippen MR) is 55.7 cm³/mol. The van der Waals surface area contributed by atoms with E-state index in [1.807, 2.05) is 6.92 Å². The highest BCUT2D eigenvalue weighted by molar-refractivity contribution is 5.83. The normalized spacial score (nSPS) is 31.3. The summed E-state index contributed by atoms with van der Waals surface area (Å²) in [7, 11) is 0. The molecular weight excluding hydrogens is 174 g/mol. The van der Waals surface area contributed by atoms with Crippen LogP contribution in [0.25, 0.3) is 0 Å². The minimum Gasteiger partial charge on any atom is -0.333 e. The molecule has 14 heavy (non-hydrogen) atoms. The lowest BCUT2D eigenvalue weighted by molar-refractivity contribution is 0.527. The molecule has 3 nitrogen and oxygen atoms in total. The molecule has 0 spiro atoms. The summed E-state index contributed by atoms with van der Waals surface area (Å²) in [6, 6.07) is 2.64. The topological polar surface area (TPSA) is 39.4 Å². The Morgan fingerprint density at radius 2 is 2.21 bits per heavy atom. The summed E-state index contributed by atoms with van der Waals surface area (Å²) in [6.07, 6.45) is 0.902. The summed E-state index contributed by atoms with van der Waals surface area (Å²) in [4.78, 5) is 6.75. The van der Waals surface area contributed by atoms with E-state index < -0.39 is 0 Å². The van der Waals surface area contributed by atoms with Crippen LogP contribution in [-0.2, 0) is 0 Å². The van der Waals surface area contributed by atoms with Gasteiger partial charge in [-0.1, -0.05) is 0 Å². The Bertz CT molecular complexity index is 359. The van der Waals surface area contributed by atoms with Crippen LogP contribution in [0, 0.1) is 17.2 Å². The van der Waals surface area contributed by atoms with E-state index in [0.29, 0.717) is 6.04 Å². The Morgan fingerprint density at radius 3 is 2.86 bits per heavy atom. The number of hydrogen-bond acceptors (Lipinski definition) is 3. The summed E-state index contributed by atoms with van der Waals surface area (Å²) < 4.78 is 0. The van der Waals surface area contributed by atoms with Crippen LogP contribution in [0.1, 0.15) is 27.2 Å². The molecule has 2 atom stereocenters. The molecule has 0 radical (unpaired) electrons. The van der Waals surface area contributed by atoms with E-state index in [1.165, 1.54) is 11.3 Å². The van der Waals surface area contributed by atoms with Gasteiger partial charge in [0.05, 0.1) is 18.0 Å². The van der Waals surface area contributed by atoms with Crippen molar-refractivity contribution in [1.29, 1.82) is 5.26 Å². The SMILES string of the molecule is CC1=NC(C)C(C)=C2CC(C#N)CN12. The maximum absolute atomic E-state index is 8.91. The third-order valence-electron chi connectivity index (χ3n) is 3.20. The molecule has 2 heterocycles. The molecule has 0 bridgehead atoms. The zero-order valence-corrected chi connectivity index (χ0v) is 8.91. The van der Waals surface area contributed by atoms with Gasteiger partial charge in [-0.2, -0.15) is 5.26 Å². The first kappa shape index (κ1) is 9.26. The molecule has 0 amide bonds. The number of allylic oxidation sites excluding steroid dienone is 1. The van der Waals surface area contributed by atoms with Gasteiger partial charge in [0.2, 0.25) is 0 Å². The molecule has 2 rings (SSSR count). The zero-order chi connectivity index (χ0) is 10.3. The van der Waals surface area contributed by atoms with Crippen LogP contribution in [0.3, 0.4) is 0 Å². The predicted octanol–water partition coefficient (Wildman–Crippen LogP) is 1.93. The molecule has 0 aromatic carbocycles. The lowest BCUT2D eigenvalue weighted by Gasteiger charge is -2.28. The minimum absolute atomic E-state index is 0.149. The van der Waals surface area contributed by atoms with E-state index in [-0.39, 0.29) is 5.92 Å². The molecule has 2 aliphatic heterocycles. The van der Waals surface area contributed by atoms with Crippen molar-refractivity contribution in [2.75, 3.05) is 6.54 Å². The monoisotopic (exact) mass is 189 g/mol. The molecule has 3 heteroatoms. The van der Waals surface area contributed by atoms with Crippen LogP contribution in [0.5, 0.6) is 0 Å². The van der Waals surface area contributed by atoms with Crippen LogP contribution in [-0.4, -0.2) is 23.3 Å². The second-order valence-electron chi connectivity index (χ2n) is 4.12. The van der Waals surface area contributed by atoms with Crippen LogP contribution >= 0.6 is 0 Å². The molecule has 0 saturated carbocycles. The first-order chi connectivity index (χ1) is 6.63. The number of aliphatic imine (C=N–C) groups is 1. The van der Waals surface area contributed by atoms with E-state index in [4.69, 9.17) is 5.26 Å². The summed E-state index contributed by atoms with van der Waals surface area (Å²) in [6.45, 7) is 7.10. The van der Waals surface area contributed by atoms with Crippen molar-refractivity contribution in [3.05, 3.63) is 11.3 Å². The average molecular weight is 189 g/mol. The number of rotatable bonds is 0. The summed E-state index contributed by atoms with van der Waals surface area (Å²) in [5.74, 6) is 1.21. The fourth-order valence-corrected chi connectivity index (χ4v) is 2.21. The zero-order valence-electron chi connectivity index (χ0n) is 8.91. The first-order valence-corrected chi connectivity index (χ1v) is 5.04. The van der Waals surface area contributed by atoms with Gasteiger partial charge < -0.3 is 4.90 Å². The molecular formula is C11H15N3. The molecule has 0 aliphatic carbocycles. The molecule has 74 valence electrons. The van der Waals surface area contributed by atoms with Crippen molar-refractivity contribution in [1.82, 2.24) is 4.90 Å². The minimum atomic E-state index is 0.149. The van der Waals surface area contributed by atoms with Crippen molar-refractivity contribution in [3.8, 4) is 6.07 Å². The average Bonchev–Trinajstić information content (AvgIpc) is 2.58. The molecule has 0 N–H and O–H groups in total. The Kier molecular flexibility index (Phi) is 2.07. The van der Waals surface area contributed by atoms with Crippen molar-refractivity contribution in [2.24, 2.45) is 10.9 Å². The number of nitrogens with zero attached hydrogens (tertiary/aromatic N) is 3. The first-order valence-electron chi connectivity index (χ1n) is 5.04. The molecule has 2 aliphatic rings. The lowest BCUT2D eigenvalue weighted by atomic mass is 10.0. The Balaban J connectivity index is 2.36. The largest absolute Gasteiger partial charge is 0.333 e. The van der Waals surface area contributed by atoms with Gasteiger partial charge in [-0.25, -0.2) is 0 Å². The molecule has 1 saturated heterocycles. The van der Waals surface area contributed by atoms with Crippen LogP contribution in [0.15, 0.2) is 16.3 Å². The van der Waals surface area contributed by atoms with Crippen LogP contribution in [0.4, 0.5) is 0 Å². The Labute approximate surface area is 84.7 Å². The highest BCUT2D eigenvalue weighted by Crippen LogP contribution is 2.33.